The average Bonchev–Trinajstić information content (AvgIpc) is 3.45. The maximum Gasteiger partial charge on any atom is 0.336 e. The number of nitrogens with two attached hydrogens (primary N) is 1. The first-order chi connectivity index (χ1) is 36.5. The number of aromatic hydroxyl groups is 5. The van der Waals surface area contributed by atoms with E-state index in [9.17, 15) is 55.5 Å². The second-order valence-corrected chi connectivity index (χ2v) is 20.9. The number of ether oxygens (including phenoxy) is 4. The quantitative estimate of drug-likeness (QED) is 0.0362. The Morgan fingerprint density at radius 2 is 1.62 bits per heavy atom. The van der Waals surface area contributed by atoms with Gasteiger partial charge in [0.15, 0.2) is 51.7 Å². The number of fused-ring (bicyclic) bond motifs is 1. The van der Waals surface area contributed by atoms with Gasteiger partial charge in [-0.15, -0.1) is 0 Å². The fourth-order valence-corrected chi connectivity index (χ4v) is 12.2. The molecule has 2 heterocycles. The second-order valence-electron chi connectivity index (χ2n) is 20.9. The SMILES string of the molecule is NCCOc1ccc(/C=C/C(=O)CO[C@@]2(C(=O)O)C[C@@H](O)[C@H]3OC[C@H](CCc4ccccc4)C[C@@]4(C(=O)/C=C/c5cc(O)c(O)cc5CO)O[C@]3(CN[C@H]3CCC[C@H](Cc5cccc(O)c5O)C3)[C@@H]2C[C@@H]4CO)cc1O. The van der Waals surface area contributed by atoms with Crippen molar-refractivity contribution in [3.8, 4) is 34.5 Å². The molecule has 2 saturated carbocycles. The number of aliphatic hydroxyl groups is 3. The van der Waals surface area contributed by atoms with Crippen LogP contribution in [-0.4, -0.2) is 138 Å². The molecule has 4 aromatic carbocycles. The summed E-state index contributed by atoms with van der Waals surface area (Å²) in [5, 5.41) is 102. The lowest BCUT2D eigenvalue weighted by atomic mass is 9.55. The number of nitrogens with one attached hydrogen (secondary N) is 1. The number of carbonyl (C=O) groups excluding carboxylic acids is 2. The number of rotatable bonds is 22. The van der Waals surface area contributed by atoms with Crippen LogP contribution in [0.5, 0.6) is 34.5 Å². The lowest BCUT2D eigenvalue weighted by molar-refractivity contribution is -0.345. The zero-order valence-electron chi connectivity index (χ0n) is 42.3. The van der Waals surface area contributed by atoms with Gasteiger partial charge < -0.3 is 76.0 Å². The maximum absolute atomic E-state index is 15.5. The number of benzene rings is 4. The Morgan fingerprint density at radius 3 is 2.36 bits per heavy atom. The van der Waals surface area contributed by atoms with Gasteiger partial charge >= 0.3 is 5.97 Å². The molecular formula is C58H70N2O16. The summed E-state index contributed by atoms with van der Waals surface area (Å²) in [5.74, 6) is -6.91. The number of hydrogen-bond donors (Lipinski definition) is 11. The van der Waals surface area contributed by atoms with E-state index in [1.54, 1.807) is 18.2 Å². The molecular weight excluding hydrogens is 981 g/mol. The van der Waals surface area contributed by atoms with Gasteiger partial charge in [-0.25, -0.2) is 4.79 Å². The number of aliphatic carboxylic acids is 1. The van der Waals surface area contributed by atoms with E-state index in [4.69, 9.17) is 24.7 Å². The highest BCUT2D eigenvalue weighted by Gasteiger charge is 2.73. The number of aliphatic hydroxyl groups excluding tert-OH is 3. The van der Waals surface area contributed by atoms with E-state index in [0.29, 0.717) is 43.2 Å². The summed E-state index contributed by atoms with van der Waals surface area (Å²) in [6.45, 7) is -1.76. The molecule has 0 spiro atoms. The molecule has 8 rings (SSSR count). The fraction of sp³-hybridized carbons (Fsp3) is 0.466. The van der Waals surface area contributed by atoms with Crippen LogP contribution in [0.4, 0.5) is 0 Å². The van der Waals surface area contributed by atoms with Crippen molar-refractivity contribution < 1.29 is 79.3 Å². The van der Waals surface area contributed by atoms with Gasteiger partial charge in [0.25, 0.3) is 0 Å². The number of hydrogen-bond acceptors (Lipinski definition) is 17. The van der Waals surface area contributed by atoms with E-state index in [1.165, 1.54) is 54.6 Å². The van der Waals surface area contributed by atoms with Crippen molar-refractivity contribution in [1.29, 1.82) is 0 Å². The second kappa shape index (κ2) is 24.3. The molecule has 2 aliphatic heterocycles. The lowest BCUT2D eigenvalue weighted by Crippen LogP contribution is -2.80. The van der Waals surface area contributed by atoms with Crippen molar-refractivity contribution in [1.82, 2.24) is 5.32 Å². The van der Waals surface area contributed by atoms with Crippen LogP contribution in [0.1, 0.15) is 79.2 Å². The molecule has 4 aromatic rings. The average molecular weight is 1050 g/mol. The summed E-state index contributed by atoms with van der Waals surface area (Å²) < 4.78 is 26.1. The van der Waals surface area contributed by atoms with Crippen molar-refractivity contribution in [3.63, 3.8) is 0 Å². The van der Waals surface area contributed by atoms with Crippen LogP contribution in [-0.2, 0) is 48.0 Å². The molecule has 18 nitrogen and oxygen atoms in total. The third kappa shape index (κ3) is 11.9. The molecule has 10 atom stereocenters. The molecule has 4 fully saturated rings. The third-order valence-electron chi connectivity index (χ3n) is 16.0. The number of carboxylic acids is 1. The molecule has 18 heteroatoms. The zero-order chi connectivity index (χ0) is 54.2. The molecule has 2 saturated heterocycles. The minimum atomic E-state index is -2.36. The number of para-hydroxylation sites is 1. The zero-order valence-corrected chi connectivity index (χ0v) is 42.3. The molecule has 0 amide bonds. The highest BCUT2D eigenvalue weighted by Crippen LogP contribution is 2.58. The molecule has 408 valence electrons. The smallest absolute Gasteiger partial charge is 0.336 e. The van der Waals surface area contributed by atoms with Crippen molar-refractivity contribution in [2.75, 3.05) is 39.5 Å². The minimum Gasteiger partial charge on any atom is -0.504 e. The number of carbonyl (C=O) groups is 3. The molecule has 0 unspecified atom stereocenters. The molecule has 76 heavy (non-hydrogen) atoms. The van der Waals surface area contributed by atoms with Gasteiger partial charge in [0.2, 0.25) is 0 Å². The van der Waals surface area contributed by atoms with E-state index in [2.05, 4.69) is 5.32 Å². The highest BCUT2D eigenvalue weighted by atomic mass is 16.6. The van der Waals surface area contributed by atoms with E-state index in [1.807, 2.05) is 30.3 Å². The van der Waals surface area contributed by atoms with Crippen molar-refractivity contribution in [3.05, 3.63) is 119 Å². The number of aryl methyl sites for hydroxylation is 1. The Labute approximate surface area is 441 Å². The molecule has 2 bridgehead atoms. The van der Waals surface area contributed by atoms with Crippen molar-refractivity contribution in [2.24, 2.45) is 29.4 Å². The van der Waals surface area contributed by atoms with Crippen LogP contribution in [0.25, 0.3) is 12.2 Å². The Kier molecular flexibility index (Phi) is 17.9. The first kappa shape index (κ1) is 55.9. The van der Waals surface area contributed by atoms with Crippen molar-refractivity contribution in [2.45, 2.75) is 106 Å². The van der Waals surface area contributed by atoms with Gasteiger partial charge in [-0.1, -0.05) is 73.5 Å². The molecule has 0 aromatic heterocycles. The third-order valence-corrected chi connectivity index (χ3v) is 16.0. The first-order valence-corrected chi connectivity index (χ1v) is 26.0. The van der Waals surface area contributed by atoms with Crippen LogP contribution >= 0.6 is 0 Å². The summed E-state index contributed by atoms with van der Waals surface area (Å²) in [7, 11) is 0. The van der Waals surface area contributed by atoms with Gasteiger partial charge in [0.1, 0.15) is 30.5 Å². The van der Waals surface area contributed by atoms with Crippen molar-refractivity contribution >= 4 is 29.7 Å². The molecule has 2 aliphatic carbocycles. The van der Waals surface area contributed by atoms with Crippen LogP contribution in [0, 0.1) is 23.7 Å². The molecule has 0 radical (unpaired) electrons. The molecule has 4 aliphatic rings. The molecule has 12 N–H and O–H groups in total. The van der Waals surface area contributed by atoms with E-state index in [0.717, 1.165) is 18.4 Å². The lowest BCUT2D eigenvalue weighted by Gasteiger charge is -2.65. The first-order valence-electron chi connectivity index (χ1n) is 26.0. The van der Waals surface area contributed by atoms with E-state index in [-0.39, 0.29) is 85.2 Å². The minimum absolute atomic E-state index is 0.00256. The van der Waals surface area contributed by atoms with Gasteiger partial charge in [0, 0.05) is 44.0 Å². The van der Waals surface area contributed by atoms with E-state index < -0.39 is 102 Å². The van der Waals surface area contributed by atoms with Crippen LogP contribution < -0.4 is 15.8 Å². The van der Waals surface area contributed by atoms with Gasteiger partial charge in [-0.3, -0.25) is 9.59 Å². The van der Waals surface area contributed by atoms with Crippen LogP contribution in [0.3, 0.4) is 0 Å². The summed E-state index contributed by atoms with van der Waals surface area (Å²) in [5.41, 5.74) is 1.79. The normalized spacial score (nSPS) is 28.4. The summed E-state index contributed by atoms with van der Waals surface area (Å²) in [6.07, 6.45) is 5.92. The Morgan fingerprint density at radius 1 is 0.829 bits per heavy atom. The predicted octanol–water partition coefficient (Wildman–Crippen LogP) is 5.07. The number of phenols is 5. The maximum atomic E-state index is 15.5. The summed E-state index contributed by atoms with van der Waals surface area (Å²) >= 11 is 0. The largest absolute Gasteiger partial charge is 0.504 e. The Balaban J connectivity index is 1.19. The standard InChI is InChI=1S/C58H70N2O16/c59-20-21-73-50-18-15-36(24-48(50)67)14-17-44(63)33-75-57(55(71)72)29-49(68)54-58(34-60-43-10-4-8-37(23-43)22-40-9-5-11-45(64)53(40)70)51(57)27-42(31-62)56(76-58,28-38(32-74-54)13-12-35-6-2-1-3-7-35)52(69)19-16-39-25-46(65)47(66)26-41(39)30-61/h1-3,5-7,9,11,14-19,24-26,37-38,42-43,49,51,54,60-62,64-68,70H,4,8,10,12-13,20-23,27-34,59H2,(H,71,72)/b17-14+,19-16+/t37-,38-,42-,43+,49-,51-,54-,56-,57+,58-/m1/s1. The van der Waals surface area contributed by atoms with Gasteiger partial charge in [0.05, 0.1) is 19.3 Å². The van der Waals surface area contributed by atoms with Gasteiger partial charge in [-0.05, 0) is 127 Å². The van der Waals surface area contributed by atoms with E-state index >= 15 is 4.79 Å². The van der Waals surface area contributed by atoms with Crippen LogP contribution in [0.15, 0.2) is 91.0 Å². The number of ketones is 2. The summed E-state index contributed by atoms with van der Waals surface area (Å²) in [6, 6.07) is 21.2. The number of phenolic OH excluding ortho intramolecular Hbond substituents is 5. The highest BCUT2D eigenvalue weighted by molar-refractivity contribution is 6.01. The predicted molar refractivity (Wildman–Crippen MR) is 278 cm³/mol. The Hall–Kier alpha value is -6.35. The van der Waals surface area contributed by atoms with Crippen LogP contribution in [0.2, 0.25) is 0 Å². The van der Waals surface area contributed by atoms with Gasteiger partial charge in [-0.2, -0.15) is 0 Å². The monoisotopic (exact) mass is 1050 g/mol. The topological polar surface area (TPSA) is 308 Å². The summed E-state index contributed by atoms with van der Waals surface area (Å²) in [4.78, 5) is 43.4. The number of carboxylic acid groups (broad SMARTS) is 1. The fourth-order valence-electron chi connectivity index (χ4n) is 12.2. The Bertz CT molecular complexity index is 2750.